The molecule has 0 saturated heterocycles. The van der Waals surface area contributed by atoms with Crippen LogP contribution in [0.1, 0.15) is 13.8 Å². The maximum Gasteiger partial charge on any atom is 0.0642 e. The molecule has 1 aromatic rings. The molecule has 0 spiro atoms. The summed E-state index contributed by atoms with van der Waals surface area (Å²) < 4.78 is 5.49. The van der Waals surface area contributed by atoms with E-state index in [0.717, 1.165) is 18.8 Å². The monoisotopic (exact) mass is 222 g/mol. The van der Waals surface area contributed by atoms with Gasteiger partial charge in [-0.05, 0) is 26.0 Å². The molecule has 1 aromatic carbocycles. The van der Waals surface area contributed by atoms with Crippen LogP contribution in [-0.2, 0) is 4.74 Å². The van der Waals surface area contributed by atoms with Gasteiger partial charge in [0.05, 0.1) is 24.1 Å². The fourth-order valence-electron chi connectivity index (χ4n) is 1.49. The summed E-state index contributed by atoms with van der Waals surface area (Å²) in [6.07, 6.45) is 0.297. The van der Waals surface area contributed by atoms with Crippen molar-refractivity contribution in [3.05, 3.63) is 24.3 Å². The maximum absolute atomic E-state index is 5.49. The standard InChI is InChI=1S/C13H22N2O/c1-11(2)16-10-9-14-12-7-5-6-8-13(12)15(3)4/h5-8,11,14H,9-10H2,1-4H3. The summed E-state index contributed by atoms with van der Waals surface area (Å²) in [6, 6.07) is 8.28. The Morgan fingerprint density at radius 1 is 1.25 bits per heavy atom. The Balaban J connectivity index is 2.47. The molecule has 0 saturated carbocycles. The molecule has 0 radical (unpaired) electrons. The van der Waals surface area contributed by atoms with Gasteiger partial charge in [0, 0.05) is 20.6 Å². The Morgan fingerprint density at radius 2 is 1.94 bits per heavy atom. The zero-order valence-corrected chi connectivity index (χ0v) is 10.7. The van der Waals surface area contributed by atoms with Crippen molar-refractivity contribution in [2.45, 2.75) is 20.0 Å². The van der Waals surface area contributed by atoms with Crippen LogP contribution in [0.15, 0.2) is 24.3 Å². The number of para-hydroxylation sites is 2. The van der Waals surface area contributed by atoms with Crippen LogP contribution in [0.25, 0.3) is 0 Å². The van der Waals surface area contributed by atoms with Crippen LogP contribution < -0.4 is 10.2 Å². The van der Waals surface area contributed by atoms with E-state index in [-0.39, 0.29) is 0 Å². The molecule has 0 atom stereocenters. The predicted molar refractivity (Wildman–Crippen MR) is 70.3 cm³/mol. The maximum atomic E-state index is 5.49. The Kier molecular flexibility index (Phi) is 5.12. The Labute approximate surface area is 98.4 Å². The zero-order valence-electron chi connectivity index (χ0n) is 10.7. The van der Waals surface area contributed by atoms with Crippen LogP contribution in [0.5, 0.6) is 0 Å². The van der Waals surface area contributed by atoms with Gasteiger partial charge in [-0.3, -0.25) is 0 Å². The van der Waals surface area contributed by atoms with Gasteiger partial charge in [-0.15, -0.1) is 0 Å². The lowest BCUT2D eigenvalue weighted by Crippen LogP contribution is -2.16. The van der Waals surface area contributed by atoms with Crippen LogP contribution in [0.2, 0.25) is 0 Å². The number of anilines is 2. The van der Waals surface area contributed by atoms with E-state index >= 15 is 0 Å². The summed E-state index contributed by atoms with van der Waals surface area (Å²) in [5.41, 5.74) is 2.35. The minimum absolute atomic E-state index is 0.297. The van der Waals surface area contributed by atoms with Crippen LogP contribution in [0, 0.1) is 0 Å². The summed E-state index contributed by atoms with van der Waals surface area (Å²) >= 11 is 0. The van der Waals surface area contributed by atoms with Crippen LogP contribution in [-0.4, -0.2) is 33.4 Å². The van der Waals surface area contributed by atoms with E-state index in [1.807, 2.05) is 40.1 Å². The van der Waals surface area contributed by atoms with Crippen molar-refractivity contribution in [3.63, 3.8) is 0 Å². The SMILES string of the molecule is CC(C)OCCNc1ccccc1N(C)C. The molecule has 1 N–H and O–H groups in total. The number of benzene rings is 1. The molecule has 90 valence electrons. The number of ether oxygens (including phenoxy) is 1. The van der Waals surface area contributed by atoms with Crippen LogP contribution in [0.3, 0.4) is 0 Å². The minimum Gasteiger partial charge on any atom is -0.381 e. The summed E-state index contributed by atoms with van der Waals surface area (Å²) in [5.74, 6) is 0. The van der Waals surface area contributed by atoms with E-state index in [9.17, 15) is 0 Å². The zero-order chi connectivity index (χ0) is 12.0. The topological polar surface area (TPSA) is 24.5 Å². The number of nitrogens with one attached hydrogen (secondary N) is 1. The normalized spacial score (nSPS) is 10.6. The van der Waals surface area contributed by atoms with Gasteiger partial charge in [-0.25, -0.2) is 0 Å². The fraction of sp³-hybridized carbons (Fsp3) is 0.538. The van der Waals surface area contributed by atoms with E-state index in [0.29, 0.717) is 6.10 Å². The summed E-state index contributed by atoms with van der Waals surface area (Å²) in [7, 11) is 4.09. The lowest BCUT2D eigenvalue weighted by Gasteiger charge is -2.18. The fourth-order valence-corrected chi connectivity index (χ4v) is 1.49. The first-order chi connectivity index (χ1) is 7.61. The minimum atomic E-state index is 0.297. The Hall–Kier alpha value is -1.22. The van der Waals surface area contributed by atoms with Crippen LogP contribution in [0.4, 0.5) is 11.4 Å². The number of hydrogen-bond donors (Lipinski definition) is 1. The quantitative estimate of drug-likeness (QED) is 0.749. The van der Waals surface area contributed by atoms with Crippen molar-refractivity contribution in [2.24, 2.45) is 0 Å². The van der Waals surface area contributed by atoms with E-state index < -0.39 is 0 Å². The van der Waals surface area contributed by atoms with Crippen molar-refractivity contribution < 1.29 is 4.74 Å². The van der Waals surface area contributed by atoms with E-state index in [4.69, 9.17) is 4.74 Å². The van der Waals surface area contributed by atoms with Crippen molar-refractivity contribution >= 4 is 11.4 Å². The van der Waals surface area contributed by atoms with Gasteiger partial charge < -0.3 is 15.0 Å². The molecule has 3 heteroatoms. The molecular formula is C13H22N2O. The van der Waals surface area contributed by atoms with E-state index in [1.54, 1.807) is 0 Å². The lowest BCUT2D eigenvalue weighted by atomic mass is 10.2. The predicted octanol–water partition coefficient (Wildman–Crippen LogP) is 2.59. The lowest BCUT2D eigenvalue weighted by molar-refractivity contribution is 0.0870. The second kappa shape index (κ2) is 6.38. The molecular weight excluding hydrogens is 200 g/mol. The first kappa shape index (κ1) is 12.8. The molecule has 3 nitrogen and oxygen atoms in total. The molecule has 0 aliphatic carbocycles. The van der Waals surface area contributed by atoms with Gasteiger partial charge >= 0.3 is 0 Å². The molecule has 0 aliphatic rings. The number of nitrogens with zero attached hydrogens (tertiary/aromatic N) is 1. The summed E-state index contributed by atoms with van der Waals surface area (Å²) in [4.78, 5) is 2.10. The summed E-state index contributed by atoms with van der Waals surface area (Å²) in [5, 5.41) is 3.38. The highest BCUT2D eigenvalue weighted by atomic mass is 16.5. The third-order valence-corrected chi connectivity index (χ3v) is 2.25. The van der Waals surface area contributed by atoms with Gasteiger partial charge in [0.15, 0.2) is 0 Å². The third kappa shape index (κ3) is 4.11. The molecule has 0 bridgehead atoms. The van der Waals surface area contributed by atoms with Crippen molar-refractivity contribution in [2.75, 3.05) is 37.5 Å². The molecule has 0 heterocycles. The number of hydrogen-bond acceptors (Lipinski definition) is 3. The van der Waals surface area contributed by atoms with Crippen molar-refractivity contribution in [1.29, 1.82) is 0 Å². The van der Waals surface area contributed by atoms with Crippen molar-refractivity contribution in [1.82, 2.24) is 0 Å². The summed E-state index contributed by atoms with van der Waals surface area (Å²) in [6.45, 7) is 5.67. The average Bonchev–Trinajstić information content (AvgIpc) is 2.24. The highest BCUT2D eigenvalue weighted by molar-refractivity contribution is 5.69. The second-order valence-electron chi connectivity index (χ2n) is 4.26. The van der Waals surface area contributed by atoms with Crippen molar-refractivity contribution in [3.8, 4) is 0 Å². The van der Waals surface area contributed by atoms with Gasteiger partial charge in [0.1, 0.15) is 0 Å². The van der Waals surface area contributed by atoms with Gasteiger partial charge in [0.2, 0.25) is 0 Å². The molecule has 0 unspecified atom stereocenters. The molecule has 0 aliphatic heterocycles. The second-order valence-corrected chi connectivity index (χ2v) is 4.26. The van der Waals surface area contributed by atoms with Gasteiger partial charge in [-0.2, -0.15) is 0 Å². The average molecular weight is 222 g/mol. The first-order valence-electron chi connectivity index (χ1n) is 5.73. The number of rotatable bonds is 6. The molecule has 16 heavy (non-hydrogen) atoms. The largest absolute Gasteiger partial charge is 0.381 e. The Bertz CT molecular complexity index is 311. The first-order valence-corrected chi connectivity index (χ1v) is 5.73. The molecule has 0 amide bonds. The van der Waals surface area contributed by atoms with Gasteiger partial charge in [0.25, 0.3) is 0 Å². The highest BCUT2D eigenvalue weighted by Gasteiger charge is 2.02. The smallest absolute Gasteiger partial charge is 0.0642 e. The molecule has 0 fully saturated rings. The Morgan fingerprint density at radius 3 is 2.56 bits per heavy atom. The molecule has 1 rings (SSSR count). The highest BCUT2D eigenvalue weighted by Crippen LogP contribution is 2.22. The molecule has 0 aromatic heterocycles. The van der Waals surface area contributed by atoms with Gasteiger partial charge in [-0.1, -0.05) is 12.1 Å². The van der Waals surface area contributed by atoms with E-state index in [2.05, 4.69) is 22.3 Å². The van der Waals surface area contributed by atoms with E-state index in [1.165, 1.54) is 5.69 Å². The third-order valence-electron chi connectivity index (χ3n) is 2.25. The van der Waals surface area contributed by atoms with Crippen LogP contribution >= 0.6 is 0 Å².